The first-order valence-electron chi connectivity index (χ1n) is 12.4. The molecule has 2 N–H and O–H groups in total. The van der Waals surface area contributed by atoms with Crippen LogP contribution in [-0.4, -0.2) is 45.8 Å². The molecule has 1 amide bonds. The van der Waals surface area contributed by atoms with E-state index in [0.717, 1.165) is 64.5 Å². The van der Waals surface area contributed by atoms with Crippen LogP contribution >= 0.6 is 0 Å². The lowest BCUT2D eigenvalue weighted by Crippen LogP contribution is -2.30. The molecule has 1 saturated carbocycles. The Bertz CT molecular complexity index is 591. The molecule has 172 valence electrons. The lowest BCUT2D eigenvalue weighted by atomic mass is 9.87. The first-order valence-corrected chi connectivity index (χ1v) is 12.4. The predicted octanol–water partition coefficient (Wildman–Crippen LogP) is 5.25. The van der Waals surface area contributed by atoms with Crippen molar-refractivity contribution >= 4 is 5.91 Å². The van der Waals surface area contributed by atoms with Crippen LogP contribution < -0.4 is 0 Å². The normalized spacial score (nSPS) is 27.9. The van der Waals surface area contributed by atoms with Gasteiger partial charge in [-0.1, -0.05) is 43.6 Å². The zero-order valence-electron chi connectivity index (χ0n) is 19.8. The summed E-state index contributed by atoms with van der Waals surface area (Å²) in [4.78, 5) is 14.0. The van der Waals surface area contributed by atoms with Gasteiger partial charge in [0.2, 0.25) is 5.91 Å². The maximum atomic E-state index is 12.1. The van der Waals surface area contributed by atoms with Crippen molar-refractivity contribution < 1.29 is 15.0 Å². The summed E-state index contributed by atoms with van der Waals surface area (Å²) in [7, 11) is 0. The quantitative estimate of drug-likeness (QED) is 0.317. The largest absolute Gasteiger partial charge is 0.392 e. The molecule has 0 aromatic carbocycles. The van der Waals surface area contributed by atoms with Crippen LogP contribution in [0.25, 0.3) is 0 Å². The molecule has 1 fully saturated rings. The fourth-order valence-electron chi connectivity index (χ4n) is 5.29. The Hall–Kier alpha value is -1.13. The molecule has 0 aromatic heterocycles. The van der Waals surface area contributed by atoms with Gasteiger partial charge in [-0.05, 0) is 77.6 Å². The molecule has 0 bridgehead atoms. The van der Waals surface area contributed by atoms with Crippen molar-refractivity contribution in [1.82, 2.24) is 4.90 Å². The van der Waals surface area contributed by atoms with Crippen LogP contribution in [-0.2, 0) is 4.79 Å². The Balaban J connectivity index is 1.77. The second-order valence-corrected chi connectivity index (χ2v) is 9.74. The van der Waals surface area contributed by atoms with E-state index in [1.54, 1.807) is 0 Å². The first-order chi connectivity index (χ1) is 14.3. The lowest BCUT2D eigenvalue weighted by molar-refractivity contribution is -0.130. The molecule has 0 radical (unpaired) electrons. The Labute approximate surface area is 184 Å². The van der Waals surface area contributed by atoms with Gasteiger partial charge in [-0.25, -0.2) is 0 Å². The fraction of sp³-hybridized carbons (Fsp3) is 0.808. The number of carbonyl (C=O) groups is 1. The number of amides is 1. The molecule has 0 aliphatic heterocycles. The highest BCUT2D eigenvalue weighted by Gasteiger charge is 2.43. The van der Waals surface area contributed by atoms with E-state index in [9.17, 15) is 15.0 Å². The van der Waals surface area contributed by atoms with Gasteiger partial charge < -0.3 is 15.1 Å². The van der Waals surface area contributed by atoms with Gasteiger partial charge in [0.1, 0.15) is 0 Å². The summed E-state index contributed by atoms with van der Waals surface area (Å²) in [6, 6.07) is 0. The van der Waals surface area contributed by atoms with Gasteiger partial charge >= 0.3 is 0 Å². The zero-order valence-corrected chi connectivity index (χ0v) is 19.8. The number of aliphatic hydroxyl groups is 2. The van der Waals surface area contributed by atoms with Crippen LogP contribution in [0, 0.1) is 17.8 Å². The molecule has 2 aliphatic rings. The van der Waals surface area contributed by atoms with Crippen molar-refractivity contribution in [3.63, 3.8) is 0 Å². The first kappa shape index (κ1) is 25.1. The fourth-order valence-corrected chi connectivity index (χ4v) is 5.29. The number of fused-ring (bicyclic) bond motifs is 1. The minimum absolute atomic E-state index is 0.204. The summed E-state index contributed by atoms with van der Waals surface area (Å²) in [5.74, 6) is 1.47. The van der Waals surface area contributed by atoms with Crippen LogP contribution in [0.1, 0.15) is 91.9 Å². The van der Waals surface area contributed by atoms with E-state index < -0.39 is 5.60 Å². The van der Waals surface area contributed by atoms with E-state index in [2.05, 4.69) is 25.2 Å². The van der Waals surface area contributed by atoms with E-state index in [4.69, 9.17) is 0 Å². The molecule has 4 heteroatoms. The SMILES string of the molecule is CCCC[C@@](C)(O)CC=C[C@@H]1[C@H]2CC(CCCCC(=O)N(CC)CC)=C[C@H]2C[C@H]1O. The highest BCUT2D eigenvalue weighted by atomic mass is 16.3. The molecular formula is C26H45NO3. The van der Waals surface area contributed by atoms with E-state index in [1.807, 2.05) is 25.7 Å². The van der Waals surface area contributed by atoms with Crippen molar-refractivity contribution in [2.24, 2.45) is 17.8 Å². The smallest absolute Gasteiger partial charge is 0.222 e. The number of hydrogen-bond donors (Lipinski definition) is 2. The molecule has 0 aromatic rings. The average molecular weight is 420 g/mol. The van der Waals surface area contributed by atoms with Crippen molar-refractivity contribution in [3.8, 4) is 0 Å². The average Bonchev–Trinajstić information content (AvgIpc) is 3.22. The number of allylic oxidation sites excluding steroid dienone is 2. The predicted molar refractivity (Wildman–Crippen MR) is 124 cm³/mol. The van der Waals surface area contributed by atoms with Crippen LogP contribution in [0.2, 0.25) is 0 Å². The highest BCUT2D eigenvalue weighted by Crippen LogP contribution is 2.48. The Morgan fingerprint density at radius 1 is 1.23 bits per heavy atom. The maximum Gasteiger partial charge on any atom is 0.222 e. The van der Waals surface area contributed by atoms with Crippen molar-refractivity contribution in [1.29, 1.82) is 0 Å². The van der Waals surface area contributed by atoms with Crippen molar-refractivity contribution in [2.45, 2.75) is 104 Å². The van der Waals surface area contributed by atoms with Gasteiger partial charge in [-0.15, -0.1) is 0 Å². The Kier molecular flexibility index (Phi) is 10.1. The van der Waals surface area contributed by atoms with Gasteiger partial charge in [0.15, 0.2) is 0 Å². The summed E-state index contributed by atoms with van der Waals surface area (Å²) >= 11 is 0. The van der Waals surface area contributed by atoms with Crippen molar-refractivity contribution in [2.75, 3.05) is 13.1 Å². The third-order valence-electron chi connectivity index (χ3n) is 7.19. The number of rotatable bonds is 13. The number of carbonyl (C=O) groups excluding carboxylic acids is 1. The number of aliphatic hydroxyl groups excluding tert-OH is 1. The van der Waals surface area contributed by atoms with Gasteiger partial charge in [-0.2, -0.15) is 0 Å². The second-order valence-electron chi connectivity index (χ2n) is 9.74. The Morgan fingerprint density at radius 3 is 2.63 bits per heavy atom. The number of unbranched alkanes of at least 4 members (excludes halogenated alkanes) is 2. The standard InChI is InChI=1S/C26H45NO3/c1-5-8-15-26(4,30)16-11-13-22-23-18-20(17-21(23)19-24(22)28)12-9-10-14-25(29)27(6-2)7-3/h11,13,17,21-24,28,30H,5-10,12,14-16,18-19H2,1-4H3/t21-,22+,23-,24+,26+/m0/s1. The summed E-state index contributed by atoms with van der Waals surface area (Å²) in [6.45, 7) is 9.74. The third-order valence-corrected chi connectivity index (χ3v) is 7.19. The van der Waals surface area contributed by atoms with Gasteiger partial charge in [0.05, 0.1) is 11.7 Å². The molecule has 0 saturated heterocycles. The molecule has 0 spiro atoms. The maximum absolute atomic E-state index is 12.1. The van der Waals surface area contributed by atoms with Crippen molar-refractivity contribution in [3.05, 3.63) is 23.8 Å². The summed E-state index contributed by atoms with van der Waals surface area (Å²) in [5, 5.41) is 21.0. The minimum atomic E-state index is -0.642. The monoisotopic (exact) mass is 419 g/mol. The lowest BCUT2D eigenvalue weighted by Gasteiger charge is -2.22. The van der Waals surface area contributed by atoms with Crippen LogP contribution in [0.5, 0.6) is 0 Å². The van der Waals surface area contributed by atoms with E-state index >= 15 is 0 Å². The third kappa shape index (κ3) is 7.23. The van der Waals surface area contributed by atoms with Crippen LogP contribution in [0.4, 0.5) is 0 Å². The topological polar surface area (TPSA) is 60.8 Å². The Morgan fingerprint density at radius 2 is 1.97 bits per heavy atom. The van der Waals surface area contributed by atoms with Crippen LogP contribution in [0.3, 0.4) is 0 Å². The molecule has 30 heavy (non-hydrogen) atoms. The van der Waals surface area contributed by atoms with E-state index in [0.29, 0.717) is 24.7 Å². The summed E-state index contributed by atoms with van der Waals surface area (Å²) in [6.07, 6.45) is 15.8. The minimum Gasteiger partial charge on any atom is -0.392 e. The summed E-state index contributed by atoms with van der Waals surface area (Å²) in [5.41, 5.74) is 0.873. The van der Waals surface area contributed by atoms with E-state index in [1.165, 1.54) is 5.57 Å². The van der Waals surface area contributed by atoms with Gasteiger partial charge in [0.25, 0.3) is 0 Å². The molecule has 0 heterocycles. The van der Waals surface area contributed by atoms with Crippen LogP contribution in [0.15, 0.2) is 23.8 Å². The molecule has 2 aliphatic carbocycles. The molecule has 0 unspecified atom stereocenters. The second kappa shape index (κ2) is 12.0. The molecule has 4 nitrogen and oxygen atoms in total. The highest BCUT2D eigenvalue weighted by molar-refractivity contribution is 5.76. The number of nitrogens with zero attached hydrogens (tertiary/aromatic N) is 1. The molecule has 5 atom stereocenters. The molecule has 2 rings (SSSR count). The van der Waals surface area contributed by atoms with Gasteiger partial charge in [0, 0.05) is 25.4 Å². The van der Waals surface area contributed by atoms with E-state index in [-0.39, 0.29) is 17.9 Å². The molecular weight excluding hydrogens is 374 g/mol. The summed E-state index contributed by atoms with van der Waals surface area (Å²) < 4.78 is 0. The zero-order chi connectivity index (χ0) is 22.1. The van der Waals surface area contributed by atoms with Gasteiger partial charge in [-0.3, -0.25) is 4.79 Å². The number of hydrogen-bond acceptors (Lipinski definition) is 3.